The van der Waals surface area contributed by atoms with Gasteiger partial charge in [0, 0.05) is 32.6 Å². The molecule has 1 atom stereocenters. The van der Waals surface area contributed by atoms with E-state index in [-0.39, 0.29) is 13.2 Å². The van der Waals surface area contributed by atoms with Crippen molar-refractivity contribution in [1.82, 2.24) is 0 Å². The molecule has 0 heterocycles. The molecule has 190 valence electrons. The van der Waals surface area contributed by atoms with Gasteiger partial charge in [-0.15, -0.1) is 0 Å². The van der Waals surface area contributed by atoms with Crippen LogP contribution in [0.25, 0.3) is 0 Å². The number of aliphatic hydroxyl groups excluding tert-OH is 1. The third kappa shape index (κ3) is 6.91. The normalized spacial score (nSPS) is 16.2. The van der Waals surface area contributed by atoms with Gasteiger partial charge in [-0.3, -0.25) is 0 Å². The van der Waals surface area contributed by atoms with E-state index in [0.717, 1.165) is 41.3 Å². The van der Waals surface area contributed by atoms with Gasteiger partial charge in [0.25, 0.3) is 0 Å². The third-order valence-corrected chi connectivity index (χ3v) is 6.96. The van der Waals surface area contributed by atoms with Gasteiger partial charge in [-0.1, -0.05) is 95.2 Å². The van der Waals surface area contributed by atoms with Crippen molar-refractivity contribution in [3.05, 3.63) is 95.6 Å². The highest BCUT2D eigenvalue weighted by molar-refractivity contribution is 9.09. The average molecular weight is 546 g/mol. The topological polar surface area (TPSA) is 57.2 Å². The molecular weight excluding hydrogens is 508 g/mol. The number of alkyl halides is 1. The monoisotopic (exact) mass is 544 g/mol. The van der Waals surface area contributed by atoms with Crippen LogP contribution in [0, 0.1) is 0 Å². The second-order valence-electron chi connectivity index (χ2n) is 8.57. The number of hydrogen-bond donors (Lipinski definition) is 1. The molecule has 1 aliphatic carbocycles. The minimum absolute atomic E-state index is 0.108. The summed E-state index contributed by atoms with van der Waals surface area (Å²) >= 11 is 3.46. The maximum absolute atomic E-state index is 10.0. The molecule has 1 unspecified atom stereocenters. The molecule has 5 nitrogen and oxygen atoms in total. The van der Waals surface area contributed by atoms with Gasteiger partial charge < -0.3 is 24.1 Å². The molecule has 0 aromatic heterocycles. The van der Waals surface area contributed by atoms with Crippen molar-refractivity contribution in [2.24, 2.45) is 0 Å². The van der Waals surface area contributed by atoms with Crippen LogP contribution in [-0.4, -0.2) is 56.4 Å². The van der Waals surface area contributed by atoms with Crippen molar-refractivity contribution in [1.29, 1.82) is 0 Å². The molecule has 0 radical (unpaired) electrons. The lowest BCUT2D eigenvalue weighted by molar-refractivity contribution is -0.168. The second-order valence-corrected chi connectivity index (χ2v) is 9.36. The standard InChI is InChI=1S/C29H37BrO5/c1-32-28(33-2)18-16-26(17-19-28)29(24-12-6-3-7-13-24,25-14-8-4-9-15-25)35-23-27(22-31)34-21-11-5-10-20-30/h3-4,6-9,12-18,27,31H,5,10-11,19-23H2,1-2H3. The van der Waals surface area contributed by atoms with Crippen LogP contribution in [0.1, 0.15) is 36.8 Å². The Kier molecular flexibility index (Phi) is 11.2. The Labute approximate surface area is 217 Å². The molecular formula is C29H37BrO5. The van der Waals surface area contributed by atoms with E-state index in [9.17, 15) is 5.11 Å². The molecule has 6 heteroatoms. The first-order chi connectivity index (χ1) is 17.1. The summed E-state index contributed by atoms with van der Waals surface area (Å²) < 4.78 is 24.1. The largest absolute Gasteiger partial charge is 0.394 e. The maximum atomic E-state index is 10.0. The van der Waals surface area contributed by atoms with Crippen LogP contribution in [0.2, 0.25) is 0 Å². The molecule has 35 heavy (non-hydrogen) atoms. The van der Waals surface area contributed by atoms with E-state index in [1.807, 2.05) is 48.6 Å². The molecule has 0 bridgehead atoms. The molecule has 0 aliphatic heterocycles. The molecule has 0 fully saturated rings. The van der Waals surface area contributed by atoms with Crippen molar-refractivity contribution in [2.75, 3.05) is 39.4 Å². The Morgan fingerprint density at radius 3 is 2.06 bits per heavy atom. The number of rotatable bonds is 15. The van der Waals surface area contributed by atoms with Crippen molar-refractivity contribution < 1.29 is 24.1 Å². The highest BCUT2D eigenvalue weighted by Gasteiger charge is 2.41. The molecule has 1 aliphatic rings. The van der Waals surface area contributed by atoms with Gasteiger partial charge in [0.2, 0.25) is 0 Å². The summed E-state index contributed by atoms with van der Waals surface area (Å²) in [4.78, 5) is 0. The number of unbranched alkanes of at least 4 members (excludes halogenated alkanes) is 2. The number of benzene rings is 2. The van der Waals surface area contributed by atoms with E-state index in [0.29, 0.717) is 13.0 Å². The minimum atomic E-state index is -0.889. The van der Waals surface area contributed by atoms with Crippen molar-refractivity contribution >= 4 is 15.9 Å². The Balaban J connectivity index is 1.95. The fourth-order valence-electron chi connectivity index (χ4n) is 4.34. The summed E-state index contributed by atoms with van der Waals surface area (Å²) in [6.07, 6.45) is 9.35. The van der Waals surface area contributed by atoms with Gasteiger partial charge in [-0.25, -0.2) is 0 Å². The highest BCUT2D eigenvalue weighted by atomic mass is 79.9. The van der Waals surface area contributed by atoms with Gasteiger partial charge in [-0.2, -0.15) is 0 Å². The highest BCUT2D eigenvalue weighted by Crippen LogP contribution is 2.44. The first-order valence-electron chi connectivity index (χ1n) is 12.2. The number of halogens is 1. The van der Waals surface area contributed by atoms with Crippen molar-refractivity contribution in [2.45, 2.75) is 43.2 Å². The fraction of sp³-hybridized carbons (Fsp3) is 0.448. The van der Waals surface area contributed by atoms with Crippen LogP contribution in [0.5, 0.6) is 0 Å². The zero-order valence-electron chi connectivity index (χ0n) is 20.7. The predicted octanol–water partition coefficient (Wildman–Crippen LogP) is 5.76. The predicted molar refractivity (Wildman–Crippen MR) is 143 cm³/mol. The first kappa shape index (κ1) is 27.8. The van der Waals surface area contributed by atoms with Crippen LogP contribution in [0.3, 0.4) is 0 Å². The van der Waals surface area contributed by atoms with Gasteiger partial charge in [-0.05, 0) is 35.6 Å². The van der Waals surface area contributed by atoms with Crippen LogP contribution < -0.4 is 0 Å². The summed E-state index contributed by atoms with van der Waals surface area (Å²) in [5.74, 6) is -0.797. The maximum Gasteiger partial charge on any atom is 0.190 e. The number of hydrogen-bond acceptors (Lipinski definition) is 5. The van der Waals surface area contributed by atoms with E-state index in [1.54, 1.807) is 14.2 Å². The number of methoxy groups -OCH3 is 2. The minimum Gasteiger partial charge on any atom is -0.394 e. The van der Waals surface area contributed by atoms with Crippen molar-refractivity contribution in [3.8, 4) is 0 Å². The SMILES string of the molecule is COC1(OC)C=CC(C(OCC(CO)OCCCCCBr)(c2ccccc2)c2ccccc2)=CC1. The number of ether oxygens (including phenoxy) is 4. The van der Waals surface area contributed by atoms with E-state index >= 15 is 0 Å². The zero-order chi connectivity index (χ0) is 25.0. The van der Waals surface area contributed by atoms with Crippen molar-refractivity contribution in [3.63, 3.8) is 0 Å². The Bertz CT molecular complexity index is 885. The van der Waals surface area contributed by atoms with Gasteiger partial charge in [0.15, 0.2) is 5.79 Å². The lowest BCUT2D eigenvalue weighted by Gasteiger charge is -2.40. The molecule has 0 spiro atoms. The number of aliphatic hydroxyl groups is 1. The Hall–Kier alpha value is -1.80. The molecule has 2 aromatic rings. The molecule has 0 saturated carbocycles. The lowest BCUT2D eigenvalue weighted by atomic mass is 9.77. The molecule has 1 N–H and O–H groups in total. The molecule has 2 aromatic carbocycles. The van der Waals surface area contributed by atoms with Crippen LogP contribution in [0.4, 0.5) is 0 Å². The van der Waals surface area contributed by atoms with E-state index < -0.39 is 17.5 Å². The van der Waals surface area contributed by atoms with Gasteiger partial charge >= 0.3 is 0 Å². The summed E-state index contributed by atoms with van der Waals surface area (Å²) in [5, 5.41) is 11.0. The summed E-state index contributed by atoms with van der Waals surface area (Å²) in [7, 11) is 3.29. The Morgan fingerprint density at radius 2 is 1.57 bits per heavy atom. The lowest BCUT2D eigenvalue weighted by Crippen LogP contribution is -2.40. The summed E-state index contributed by atoms with van der Waals surface area (Å²) in [6.45, 7) is 0.727. The van der Waals surface area contributed by atoms with Crippen LogP contribution in [-0.2, 0) is 24.5 Å². The van der Waals surface area contributed by atoms with E-state index in [1.165, 1.54) is 0 Å². The summed E-state index contributed by atoms with van der Waals surface area (Å²) in [5.41, 5.74) is 2.09. The van der Waals surface area contributed by atoms with Crippen LogP contribution in [0.15, 0.2) is 84.5 Å². The van der Waals surface area contributed by atoms with Gasteiger partial charge in [0.05, 0.1) is 13.2 Å². The molecule has 0 saturated heterocycles. The quantitative estimate of drug-likeness (QED) is 0.175. The molecule has 0 amide bonds. The van der Waals surface area contributed by atoms with Crippen LogP contribution >= 0.6 is 15.9 Å². The first-order valence-corrected chi connectivity index (χ1v) is 13.3. The fourth-order valence-corrected chi connectivity index (χ4v) is 4.74. The average Bonchev–Trinajstić information content (AvgIpc) is 2.93. The van der Waals surface area contributed by atoms with E-state index in [2.05, 4.69) is 46.3 Å². The second kappa shape index (κ2) is 14.1. The smallest absolute Gasteiger partial charge is 0.190 e. The molecule has 3 rings (SSSR count). The Morgan fingerprint density at radius 1 is 0.943 bits per heavy atom. The van der Waals surface area contributed by atoms with E-state index in [4.69, 9.17) is 18.9 Å². The summed E-state index contributed by atoms with van der Waals surface area (Å²) in [6, 6.07) is 20.4. The van der Waals surface area contributed by atoms with Gasteiger partial charge in [0.1, 0.15) is 11.7 Å². The zero-order valence-corrected chi connectivity index (χ0v) is 22.3. The third-order valence-electron chi connectivity index (χ3n) is 6.40.